The van der Waals surface area contributed by atoms with Crippen LogP contribution in [0.25, 0.3) is 0 Å². The van der Waals surface area contributed by atoms with E-state index in [1.807, 2.05) is 31.2 Å². The molecule has 0 amide bonds. The number of sulfonamides is 1. The molecule has 5 N–H and O–H groups in total. The summed E-state index contributed by atoms with van der Waals surface area (Å²) < 4.78 is 23.1. The number of benzene rings is 2. The molecule has 6 heteroatoms. The maximum atomic E-state index is 11.6. The number of nitrogens with two attached hydrogens (primary N) is 2. The molecule has 2 aromatic rings. The Morgan fingerprint density at radius 3 is 2.37 bits per heavy atom. The molecule has 0 atom stereocenters. The highest BCUT2D eigenvalue weighted by molar-refractivity contribution is 7.89. The van der Waals surface area contributed by atoms with Crippen LogP contribution >= 0.6 is 0 Å². The first-order valence-corrected chi connectivity index (χ1v) is 7.17. The fourth-order valence-electron chi connectivity index (χ4n) is 1.74. The van der Waals surface area contributed by atoms with Gasteiger partial charge in [-0.15, -0.1) is 0 Å². The van der Waals surface area contributed by atoms with Gasteiger partial charge in [0.25, 0.3) is 0 Å². The van der Waals surface area contributed by atoms with Crippen molar-refractivity contribution in [1.82, 2.24) is 0 Å². The minimum atomic E-state index is -3.83. The lowest BCUT2D eigenvalue weighted by atomic mass is 10.2. The summed E-state index contributed by atoms with van der Waals surface area (Å²) in [7, 11) is -3.83. The minimum Gasteiger partial charge on any atom is -0.399 e. The molecule has 0 radical (unpaired) electrons. The number of anilines is 3. The van der Waals surface area contributed by atoms with Gasteiger partial charge in [-0.25, -0.2) is 13.6 Å². The quantitative estimate of drug-likeness (QED) is 0.747. The number of nitrogen functional groups attached to an aromatic ring is 1. The van der Waals surface area contributed by atoms with Gasteiger partial charge in [0.1, 0.15) is 4.90 Å². The van der Waals surface area contributed by atoms with Crippen molar-refractivity contribution in [3.8, 4) is 0 Å². The number of hydrogen-bond donors (Lipinski definition) is 3. The van der Waals surface area contributed by atoms with Crippen LogP contribution in [0.3, 0.4) is 0 Å². The smallest absolute Gasteiger partial charge is 0.240 e. The van der Waals surface area contributed by atoms with E-state index in [2.05, 4.69) is 5.32 Å². The lowest BCUT2D eigenvalue weighted by molar-refractivity contribution is 0.598. The summed E-state index contributed by atoms with van der Waals surface area (Å²) in [4.78, 5) is -0.0178. The van der Waals surface area contributed by atoms with E-state index < -0.39 is 10.0 Å². The van der Waals surface area contributed by atoms with Crippen molar-refractivity contribution in [3.63, 3.8) is 0 Å². The minimum absolute atomic E-state index is 0.0178. The molecule has 2 aromatic carbocycles. The van der Waals surface area contributed by atoms with Gasteiger partial charge in [-0.3, -0.25) is 0 Å². The van der Waals surface area contributed by atoms with Crippen LogP contribution in [0.2, 0.25) is 0 Å². The van der Waals surface area contributed by atoms with E-state index in [0.29, 0.717) is 11.4 Å². The molecule has 0 spiro atoms. The van der Waals surface area contributed by atoms with Crippen LogP contribution in [0.4, 0.5) is 17.1 Å². The maximum absolute atomic E-state index is 11.6. The zero-order chi connectivity index (χ0) is 14.0. The van der Waals surface area contributed by atoms with Gasteiger partial charge in [0.15, 0.2) is 0 Å². The lowest BCUT2D eigenvalue weighted by Gasteiger charge is -2.13. The summed E-state index contributed by atoms with van der Waals surface area (Å²) >= 11 is 0. The van der Waals surface area contributed by atoms with Gasteiger partial charge in [-0.05, 0) is 36.8 Å². The fraction of sp³-hybridized carbons (Fsp3) is 0.0769. The van der Waals surface area contributed by atoms with Crippen molar-refractivity contribution in [2.75, 3.05) is 11.1 Å². The van der Waals surface area contributed by atoms with Crippen LogP contribution in [0.1, 0.15) is 5.56 Å². The van der Waals surface area contributed by atoms with E-state index in [0.717, 1.165) is 11.3 Å². The summed E-state index contributed by atoms with van der Waals surface area (Å²) in [6.07, 6.45) is 0. The van der Waals surface area contributed by atoms with Crippen LogP contribution < -0.4 is 16.2 Å². The molecule has 0 aliphatic carbocycles. The Bertz CT molecular complexity index is 712. The highest BCUT2D eigenvalue weighted by Gasteiger charge is 2.14. The first-order valence-electron chi connectivity index (χ1n) is 5.63. The average Bonchev–Trinajstić information content (AvgIpc) is 2.33. The zero-order valence-corrected chi connectivity index (χ0v) is 11.2. The summed E-state index contributed by atoms with van der Waals surface area (Å²) in [5, 5.41) is 8.25. The molecule has 100 valence electrons. The summed E-state index contributed by atoms with van der Waals surface area (Å²) in [6, 6.07) is 12.1. The zero-order valence-electron chi connectivity index (χ0n) is 10.4. The number of primary sulfonamides is 1. The number of rotatable bonds is 3. The number of hydrogen-bond acceptors (Lipinski definition) is 4. The highest BCUT2D eigenvalue weighted by Crippen LogP contribution is 2.27. The van der Waals surface area contributed by atoms with Crippen LogP contribution in [0.15, 0.2) is 47.4 Å². The SMILES string of the molecule is Cc1ccccc1Nc1ccc(N)cc1S(N)(=O)=O. The molecule has 2 rings (SSSR count). The first kappa shape index (κ1) is 13.4. The van der Waals surface area contributed by atoms with Gasteiger partial charge in [-0.2, -0.15) is 0 Å². The molecule has 0 fully saturated rings. The molecular weight excluding hydrogens is 262 g/mol. The predicted octanol–water partition coefficient (Wildman–Crippen LogP) is 1.97. The van der Waals surface area contributed by atoms with Gasteiger partial charge in [0.2, 0.25) is 10.0 Å². The standard InChI is InChI=1S/C13H15N3O2S/c1-9-4-2-3-5-11(9)16-12-7-6-10(14)8-13(12)19(15,17)18/h2-8,16H,14H2,1H3,(H2,15,17,18). The van der Waals surface area contributed by atoms with Crippen molar-refractivity contribution in [2.24, 2.45) is 5.14 Å². The van der Waals surface area contributed by atoms with Crippen LogP contribution in [0, 0.1) is 6.92 Å². The largest absolute Gasteiger partial charge is 0.399 e. The number of para-hydroxylation sites is 1. The highest BCUT2D eigenvalue weighted by atomic mass is 32.2. The van der Waals surface area contributed by atoms with Crippen molar-refractivity contribution < 1.29 is 8.42 Å². The third-order valence-electron chi connectivity index (χ3n) is 2.73. The van der Waals surface area contributed by atoms with Crippen molar-refractivity contribution >= 4 is 27.1 Å². The first-order chi connectivity index (χ1) is 8.88. The predicted molar refractivity (Wildman–Crippen MR) is 76.7 cm³/mol. The second-order valence-corrected chi connectivity index (χ2v) is 5.77. The second kappa shape index (κ2) is 4.91. The Kier molecular flexibility index (Phi) is 3.46. The Labute approximate surface area is 112 Å². The molecule has 5 nitrogen and oxygen atoms in total. The Balaban J connectivity index is 2.50. The van der Waals surface area contributed by atoms with E-state index in [-0.39, 0.29) is 4.90 Å². The molecule has 0 aromatic heterocycles. The third kappa shape index (κ3) is 3.04. The third-order valence-corrected chi connectivity index (χ3v) is 3.68. The summed E-state index contributed by atoms with van der Waals surface area (Å²) in [5.41, 5.74) is 8.17. The Morgan fingerprint density at radius 2 is 1.74 bits per heavy atom. The molecule has 0 saturated heterocycles. The normalized spacial score (nSPS) is 11.3. The lowest BCUT2D eigenvalue weighted by Crippen LogP contribution is -2.14. The average molecular weight is 277 g/mol. The number of aryl methyl sites for hydroxylation is 1. The van der Waals surface area contributed by atoms with E-state index in [4.69, 9.17) is 10.9 Å². The van der Waals surface area contributed by atoms with E-state index >= 15 is 0 Å². The Morgan fingerprint density at radius 1 is 1.05 bits per heavy atom. The van der Waals surface area contributed by atoms with Gasteiger partial charge < -0.3 is 11.1 Å². The van der Waals surface area contributed by atoms with Crippen molar-refractivity contribution in [1.29, 1.82) is 0 Å². The molecule has 0 bridgehead atoms. The van der Waals surface area contributed by atoms with Crippen molar-refractivity contribution in [3.05, 3.63) is 48.0 Å². The van der Waals surface area contributed by atoms with Gasteiger partial charge in [0, 0.05) is 11.4 Å². The van der Waals surface area contributed by atoms with Gasteiger partial charge in [-0.1, -0.05) is 18.2 Å². The van der Waals surface area contributed by atoms with Crippen molar-refractivity contribution in [2.45, 2.75) is 11.8 Å². The van der Waals surface area contributed by atoms with Crippen LogP contribution in [-0.4, -0.2) is 8.42 Å². The molecule has 0 heterocycles. The van der Waals surface area contributed by atoms with Gasteiger partial charge in [0.05, 0.1) is 5.69 Å². The van der Waals surface area contributed by atoms with Crippen LogP contribution in [-0.2, 0) is 10.0 Å². The molecule has 0 unspecified atom stereocenters. The van der Waals surface area contributed by atoms with E-state index in [1.165, 1.54) is 6.07 Å². The molecule has 0 aliphatic heterocycles. The monoisotopic (exact) mass is 277 g/mol. The topological polar surface area (TPSA) is 98.2 Å². The summed E-state index contributed by atoms with van der Waals surface area (Å²) in [6.45, 7) is 1.93. The molecule has 0 saturated carbocycles. The summed E-state index contributed by atoms with van der Waals surface area (Å²) in [5.74, 6) is 0. The number of nitrogens with one attached hydrogen (secondary N) is 1. The van der Waals surface area contributed by atoms with E-state index in [9.17, 15) is 8.42 Å². The van der Waals surface area contributed by atoms with E-state index in [1.54, 1.807) is 12.1 Å². The second-order valence-electron chi connectivity index (χ2n) is 4.24. The molecule has 19 heavy (non-hydrogen) atoms. The van der Waals surface area contributed by atoms with Crippen LogP contribution in [0.5, 0.6) is 0 Å². The Hall–Kier alpha value is -2.05. The fourth-order valence-corrected chi connectivity index (χ4v) is 2.46. The molecule has 0 aliphatic rings. The molecular formula is C13H15N3O2S. The maximum Gasteiger partial charge on any atom is 0.240 e. The van der Waals surface area contributed by atoms with Gasteiger partial charge >= 0.3 is 0 Å².